The largest absolute Gasteiger partial charge is 0.456 e. The van der Waals surface area contributed by atoms with Crippen molar-refractivity contribution in [1.29, 1.82) is 0 Å². The number of aliphatic hydroxyl groups is 1. The molecule has 1 spiro atoms. The number of amides is 1. The number of hydrogen-bond acceptors (Lipinski definition) is 13. The molecule has 2 aromatic rings. The van der Waals surface area contributed by atoms with Crippen molar-refractivity contribution < 1.29 is 61.8 Å². The Balaban J connectivity index is 1.15. The minimum absolute atomic E-state index is 0.00515. The molecule has 1 amide bonds. The van der Waals surface area contributed by atoms with Gasteiger partial charge in [0, 0.05) is 52.6 Å². The second-order valence-electron chi connectivity index (χ2n) is 25.5. The topological polar surface area (TPSA) is 158 Å². The van der Waals surface area contributed by atoms with Crippen LogP contribution in [0.5, 0.6) is 0 Å². The van der Waals surface area contributed by atoms with Crippen molar-refractivity contribution in [3.63, 3.8) is 0 Å². The van der Waals surface area contributed by atoms with Crippen LogP contribution in [0.1, 0.15) is 140 Å². The van der Waals surface area contributed by atoms with E-state index < -0.39 is 86.3 Å². The summed E-state index contributed by atoms with van der Waals surface area (Å²) in [7, 11) is 2.18. The number of methoxy groups -OCH3 is 3. The highest BCUT2D eigenvalue weighted by atomic mass is 28.4. The van der Waals surface area contributed by atoms with Crippen molar-refractivity contribution in [2.24, 2.45) is 29.6 Å². The lowest BCUT2D eigenvalue weighted by atomic mass is 9.78. The molecular formula is C63H93NO13Si. The van der Waals surface area contributed by atoms with Gasteiger partial charge in [0.25, 0.3) is 14.2 Å². The zero-order valence-corrected chi connectivity index (χ0v) is 50.1. The van der Waals surface area contributed by atoms with Gasteiger partial charge in [-0.2, -0.15) is 0 Å². The van der Waals surface area contributed by atoms with Crippen molar-refractivity contribution in [1.82, 2.24) is 4.90 Å². The number of cyclic esters (lactones) is 1. The molecule has 8 rings (SSSR count). The van der Waals surface area contributed by atoms with E-state index in [1.165, 1.54) is 15.3 Å². The molecule has 0 aromatic heterocycles. The quantitative estimate of drug-likeness (QED) is 0.144. The second kappa shape index (κ2) is 25.3. The van der Waals surface area contributed by atoms with E-state index in [0.717, 1.165) is 24.0 Å². The number of allylic oxidation sites excluding steroid dienone is 2. The van der Waals surface area contributed by atoms with E-state index in [1.54, 1.807) is 21.3 Å². The first-order chi connectivity index (χ1) is 37.0. The summed E-state index contributed by atoms with van der Waals surface area (Å²) in [5, 5.41) is 14.4. The highest BCUT2D eigenvalue weighted by Crippen LogP contribution is 2.48. The van der Waals surface area contributed by atoms with Crippen LogP contribution in [0.4, 0.5) is 0 Å². The lowest BCUT2D eigenvalue weighted by molar-refractivity contribution is -0.419. The van der Waals surface area contributed by atoms with Crippen LogP contribution in [-0.2, 0) is 56.7 Å². The Kier molecular flexibility index (Phi) is 19.6. The maximum absolute atomic E-state index is 15.2. The number of Topliss-reactive ketones (excluding diaryl/α,β-unsaturated/α-hetero) is 1. The Morgan fingerprint density at radius 3 is 2.08 bits per heavy atom. The van der Waals surface area contributed by atoms with Crippen molar-refractivity contribution in [2.75, 3.05) is 34.5 Å². The van der Waals surface area contributed by atoms with E-state index >= 15 is 4.79 Å². The number of rotatable bonds is 9. The first-order valence-electron chi connectivity index (χ1n) is 29.1. The molecule has 14 nitrogen and oxygen atoms in total. The molecular weight excluding hydrogens is 1010 g/mol. The van der Waals surface area contributed by atoms with Crippen LogP contribution in [0, 0.1) is 29.6 Å². The number of ether oxygens (including phenoxy) is 8. The van der Waals surface area contributed by atoms with E-state index in [4.69, 9.17) is 42.3 Å². The van der Waals surface area contributed by atoms with Crippen molar-refractivity contribution in [3.8, 4) is 0 Å². The lowest BCUT2D eigenvalue weighted by Gasteiger charge is -2.53. The van der Waals surface area contributed by atoms with Crippen LogP contribution >= 0.6 is 0 Å². The number of carbonyl (C=O) groups is 3. The van der Waals surface area contributed by atoms with Crippen molar-refractivity contribution in [3.05, 3.63) is 84.0 Å². The number of piperidine rings is 1. The fourth-order valence-electron chi connectivity index (χ4n) is 14.3. The monoisotopic (exact) mass is 1100 g/mol. The zero-order valence-electron chi connectivity index (χ0n) is 49.1. The maximum Gasteiger partial charge on any atom is 0.329 e. The van der Waals surface area contributed by atoms with Crippen molar-refractivity contribution in [2.45, 2.75) is 217 Å². The molecule has 4 saturated heterocycles. The summed E-state index contributed by atoms with van der Waals surface area (Å²) in [5.74, 6) is -4.42. The highest BCUT2D eigenvalue weighted by Gasteiger charge is 2.57. The predicted octanol–water partition coefficient (Wildman–Crippen LogP) is 9.03. The second-order valence-corrected chi connectivity index (χ2v) is 29.7. The van der Waals surface area contributed by atoms with Gasteiger partial charge < -0.3 is 52.3 Å². The number of nitrogens with zero attached hydrogens (tertiary/aromatic N) is 1. The molecule has 16 atom stereocenters. The number of aliphatic hydroxyl groups excluding tert-OH is 1. The van der Waals surface area contributed by atoms with Gasteiger partial charge in [0.15, 0.2) is 23.5 Å². The summed E-state index contributed by atoms with van der Waals surface area (Å²) in [6.45, 7) is 21.1. The number of benzene rings is 2. The van der Waals surface area contributed by atoms with E-state index in [1.807, 2.05) is 34.6 Å². The molecule has 1 aliphatic carbocycles. The molecule has 6 aliphatic rings. The molecule has 15 heteroatoms. The lowest BCUT2D eigenvalue weighted by Crippen LogP contribution is -2.68. The van der Waals surface area contributed by atoms with Gasteiger partial charge in [-0.1, -0.05) is 120 Å². The van der Waals surface area contributed by atoms with Gasteiger partial charge in [0.05, 0.1) is 36.6 Å². The Labute approximate surface area is 466 Å². The van der Waals surface area contributed by atoms with Gasteiger partial charge in [-0.3, -0.25) is 9.59 Å². The third-order valence-corrected chi connectivity index (χ3v) is 23.2. The molecule has 432 valence electrons. The maximum atomic E-state index is 15.2. The Morgan fingerprint density at radius 2 is 1.45 bits per heavy atom. The Hall–Kier alpha value is -3.61. The standard InChI is InChI=1S/C63H93NO13Si/c1-39-30-40(2)32-52(70-12)58-53(71-13)34-42(4)57(73-58)55(66)59(67)64-29-21-20-26-49(64)60(68)74-56(43(5)54-37-63(77-62(9,10)75-54)45(31-39)36-46(65)38-72-63)41(3)33-44-27-28-50(51(35-44)69-11)76-78(61(6,7)8,47-22-16-14-17-23-47)48-24-18-15-19-25-48/h14-19,22-25,31,33,40,42-45,49-58,66H,20-21,26-30,32,34-38H2,1-13H3/b39-31-,41-33+/t40-,42-,43-,44+,45+,49+,50-,51-,52+,53+,54+,55-,56-,57-,58-,63-/m1/s1. The van der Waals surface area contributed by atoms with E-state index in [2.05, 4.69) is 107 Å². The summed E-state index contributed by atoms with van der Waals surface area (Å²) < 4.78 is 60.3. The average Bonchev–Trinajstić information content (AvgIpc) is 3.50. The number of ketones is 1. The normalized spacial score (nSPS) is 37.7. The van der Waals surface area contributed by atoms with Crippen LogP contribution in [-0.4, -0.2) is 143 Å². The molecule has 0 radical (unpaired) electrons. The molecule has 2 aromatic carbocycles. The molecule has 1 saturated carbocycles. The van der Waals surface area contributed by atoms with Gasteiger partial charge in [0.1, 0.15) is 24.9 Å². The third-order valence-electron chi connectivity index (χ3n) is 18.1. The average molecular weight is 1100 g/mol. The third kappa shape index (κ3) is 13.0. The van der Waals surface area contributed by atoms with Crippen LogP contribution < -0.4 is 10.4 Å². The molecule has 78 heavy (non-hydrogen) atoms. The molecule has 5 fully saturated rings. The fourth-order valence-corrected chi connectivity index (χ4v) is 19.1. The molecule has 5 heterocycles. The number of hydrogen-bond donors (Lipinski definition) is 1. The summed E-state index contributed by atoms with van der Waals surface area (Å²) in [4.78, 5) is 44.9. The van der Waals surface area contributed by atoms with E-state index in [-0.39, 0.29) is 72.9 Å². The van der Waals surface area contributed by atoms with E-state index in [0.29, 0.717) is 44.9 Å². The van der Waals surface area contributed by atoms with Gasteiger partial charge in [-0.25, -0.2) is 4.79 Å². The molecule has 1 N–H and O–H groups in total. The first-order valence-corrected chi connectivity index (χ1v) is 31.0. The first kappa shape index (κ1) is 60.5. The zero-order chi connectivity index (χ0) is 56.3. The van der Waals surface area contributed by atoms with Crippen LogP contribution in [0.3, 0.4) is 0 Å². The number of fused-ring (bicyclic) bond motifs is 4. The van der Waals surface area contributed by atoms with Gasteiger partial charge in [0.2, 0.25) is 0 Å². The summed E-state index contributed by atoms with van der Waals surface area (Å²) in [5.41, 5.74) is 1.93. The SMILES string of the molecule is CO[C@H]1C[C@H](C)C/C(C)=C\[C@H]2CC(=O)CO[C@@]23C[C@H](OC(C)(C)O3)[C@@H](C)[C@@H](/C(C)=C/[C@@H]2CC[C@@H](O[Si](c3ccccc3)(c3ccccc3)C(C)(C)C)[C@H](OC)C2)OC(=O)[C@@H]2CCCCN2C(=O)[C@H](O)[C@@H]2O[C@H]1[C@@H](OC)C[C@H]2C. The Bertz CT molecular complexity index is 2370. The van der Waals surface area contributed by atoms with Crippen LogP contribution in [0.2, 0.25) is 5.04 Å². The Morgan fingerprint density at radius 1 is 0.808 bits per heavy atom. The number of carbonyl (C=O) groups excluding carboxylic acids is 3. The summed E-state index contributed by atoms with van der Waals surface area (Å²) in [6.07, 6.45) is 5.27. The highest BCUT2D eigenvalue weighted by molar-refractivity contribution is 6.99. The summed E-state index contributed by atoms with van der Waals surface area (Å²) >= 11 is 0. The summed E-state index contributed by atoms with van der Waals surface area (Å²) in [6, 6.07) is 20.5. The van der Waals surface area contributed by atoms with Crippen LogP contribution in [0.15, 0.2) is 84.0 Å². The van der Waals surface area contributed by atoms with Gasteiger partial charge in [-0.15, -0.1) is 0 Å². The minimum Gasteiger partial charge on any atom is -0.456 e. The minimum atomic E-state index is -2.90. The van der Waals surface area contributed by atoms with Gasteiger partial charge in [-0.05, 0) is 124 Å². The van der Waals surface area contributed by atoms with Crippen LogP contribution in [0.25, 0.3) is 0 Å². The smallest absolute Gasteiger partial charge is 0.329 e. The molecule has 5 aliphatic heterocycles. The fraction of sp³-hybridized carbons (Fsp3) is 0.698. The molecule has 0 unspecified atom stereocenters. The number of esters is 1. The predicted molar refractivity (Wildman–Crippen MR) is 301 cm³/mol. The van der Waals surface area contributed by atoms with E-state index in [9.17, 15) is 14.7 Å². The van der Waals surface area contributed by atoms with Crippen molar-refractivity contribution >= 4 is 36.4 Å². The van der Waals surface area contributed by atoms with Gasteiger partial charge >= 0.3 is 5.97 Å². The molecule has 4 bridgehead atoms.